The first-order chi connectivity index (χ1) is 21.4. The normalized spacial score (nSPS) is 29.9. The van der Waals surface area contributed by atoms with Gasteiger partial charge in [-0.15, -0.1) is 10.8 Å². The molecule has 10 nitrogen and oxygen atoms in total. The van der Waals surface area contributed by atoms with Crippen LogP contribution in [-0.2, 0) is 16.0 Å². The van der Waals surface area contributed by atoms with Gasteiger partial charge < -0.3 is 25.8 Å². The third-order valence-corrected chi connectivity index (χ3v) is 11.3. The minimum Gasteiger partial charge on any atom is -0.465 e. The SMILES string of the molecule is C[C@@H]1CC([C@H](c2ccc(F)cc2)[C@H](NC(=O)O)C(=O)Nc2cc(F)ccc2CC[C@H]2CN[C@@H]3CCCS(O)(O)N2C3)C[C@H](C)O1. The molecule has 0 aliphatic carbocycles. The number of benzene rings is 2. The van der Waals surface area contributed by atoms with E-state index in [0.29, 0.717) is 55.7 Å². The third kappa shape index (κ3) is 8.32. The standard InChI is InChI=1S/C32H44F2N4O6S/c1-19-14-23(15-20(2)44-19)29(22-6-9-24(33)10-7-22)30(37-32(40)41)31(39)36-28-16-25(34)11-5-21(28)8-12-27-17-35-26-4-3-13-45(42,43)38(27)18-26/h5-7,9-11,16,19-20,23,26-27,29-30,35,37,42-43H,3-4,8,12-15,17-18H2,1-2H3,(H,36,39)(H,40,41)/t19-,20+,23?,26-,27+,29+,30+/m1/s1. The van der Waals surface area contributed by atoms with Crippen molar-refractivity contribution in [1.29, 1.82) is 0 Å². The number of hydrogen-bond donors (Lipinski definition) is 6. The number of aryl methyl sites for hydroxylation is 1. The highest BCUT2D eigenvalue weighted by molar-refractivity contribution is 8.22. The largest absolute Gasteiger partial charge is 0.465 e. The predicted molar refractivity (Wildman–Crippen MR) is 169 cm³/mol. The molecule has 3 aliphatic rings. The first kappa shape index (κ1) is 33.6. The Morgan fingerprint density at radius 3 is 2.47 bits per heavy atom. The molecular weight excluding hydrogens is 606 g/mol. The number of carboxylic acid groups (broad SMARTS) is 1. The van der Waals surface area contributed by atoms with Gasteiger partial charge in [0.05, 0.1) is 18.0 Å². The zero-order valence-corrected chi connectivity index (χ0v) is 26.4. The van der Waals surface area contributed by atoms with Crippen molar-refractivity contribution >= 4 is 28.5 Å². The number of nitrogens with zero attached hydrogens (tertiary/aromatic N) is 1. The Kier molecular flexibility index (Phi) is 10.7. The number of anilines is 1. The molecule has 0 spiro atoms. The van der Waals surface area contributed by atoms with Crippen molar-refractivity contribution in [3.8, 4) is 0 Å². The summed E-state index contributed by atoms with van der Waals surface area (Å²) >= 11 is 0. The molecule has 3 fully saturated rings. The van der Waals surface area contributed by atoms with Gasteiger partial charge in [-0.2, -0.15) is 0 Å². The Morgan fingerprint density at radius 1 is 1.09 bits per heavy atom. The van der Waals surface area contributed by atoms with Crippen LogP contribution < -0.4 is 16.0 Å². The van der Waals surface area contributed by atoms with Gasteiger partial charge in [0.1, 0.15) is 17.7 Å². The molecule has 2 amide bonds. The Balaban J connectivity index is 1.40. The first-order valence-corrected chi connectivity index (χ1v) is 17.3. The number of carbonyl (C=O) groups excluding carboxylic acids is 1. The topological polar surface area (TPSA) is 143 Å². The number of nitrogens with one attached hydrogen (secondary N) is 3. The van der Waals surface area contributed by atoms with E-state index in [1.54, 1.807) is 22.5 Å². The van der Waals surface area contributed by atoms with Gasteiger partial charge in [0.2, 0.25) is 5.91 Å². The maximum absolute atomic E-state index is 14.6. The second-order valence-electron chi connectivity index (χ2n) is 12.7. The number of piperazine rings is 1. The minimum absolute atomic E-state index is 0.128. The third-order valence-electron chi connectivity index (χ3n) is 9.29. The summed E-state index contributed by atoms with van der Waals surface area (Å²) in [6.45, 7) is 4.97. The monoisotopic (exact) mass is 650 g/mol. The van der Waals surface area contributed by atoms with Crippen LogP contribution >= 0.6 is 10.8 Å². The number of amides is 2. The lowest BCUT2D eigenvalue weighted by molar-refractivity contribution is -0.120. The van der Waals surface area contributed by atoms with Gasteiger partial charge in [-0.25, -0.2) is 17.9 Å². The fourth-order valence-electron chi connectivity index (χ4n) is 7.31. The molecule has 8 atom stereocenters. The molecule has 45 heavy (non-hydrogen) atoms. The quantitative estimate of drug-likeness (QED) is 0.207. The summed E-state index contributed by atoms with van der Waals surface area (Å²) < 4.78 is 57.8. The lowest BCUT2D eigenvalue weighted by Crippen LogP contribution is -2.55. The van der Waals surface area contributed by atoms with Crippen molar-refractivity contribution < 1.29 is 37.3 Å². The Hall–Kier alpha value is -2.81. The Bertz CT molecular complexity index is 1340. The number of rotatable bonds is 9. The maximum atomic E-state index is 14.6. The Labute approximate surface area is 264 Å². The van der Waals surface area contributed by atoms with E-state index in [0.717, 1.165) is 12.8 Å². The highest BCUT2D eigenvalue weighted by atomic mass is 32.3. The van der Waals surface area contributed by atoms with E-state index in [1.807, 2.05) is 13.8 Å². The van der Waals surface area contributed by atoms with Gasteiger partial charge in [-0.05, 0) is 93.7 Å². The van der Waals surface area contributed by atoms with Crippen LogP contribution in [0.1, 0.15) is 63.0 Å². The zero-order valence-electron chi connectivity index (χ0n) is 25.6. The van der Waals surface area contributed by atoms with Crippen molar-refractivity contribution in [1.82, 2.24) is 14.9 Å². The number of hydrogen-bond acceptors (Lipinski definition) is 7. The molecule has 0 aromatic heterocycles. The average Bonchev–Trinajstić information content (AvgIpc) is 3.08. The number of halogens is 2. The van der Waals surface area contributed by atoms with E-state index in [-0.39, 0.29) is 35.9 Å². The second-order valence-corrected chi connectivity index (χ2v) is 14.8. The molecule has 2 aromatic carbocycles. The highest BCUT2D eigenvalue weighted by Gasteiger charge is 2.41. The second kappa shape index (κ2) is 14.3. The van der Waals surface area contributed by atoms with Crippen LogP contribution in [0.5, 0.6) is 0 Å². The van der Waals surface area contributed by atoms with Gasteiger partial charge in [0, 0.05) is 36.8 Å². The van der Waals surface area contributed by atoms with Crippen molar-refractivity contribution in [2.24, 2.45) is 5.92 Å². The van der Waals surface area contributed by atoms with E-state index in [1.165, 1.54) is 24.3 Å². The fraction of sp³-hybridized carbons (Fsp3) is 0.562. The molecule has 6 N–H and O–H groups in total. The summed E-state index contributed by atoms with van der Waals surface area (Å²) in [4.78, 5) is 26.1. The van der Waals surface area contributed by atoms with E-state index in [4.69, 9.17) is 4.74 Å². The zero-order chi connectivity index (χ0) is 32.3. The number of carbonyl (C=O) groups is 2. The maximum Gasteiger partial charge on any atom is 0.405 e. The summed E-state index contributed by atoms with van der Waals surface area (Å²) in [7, 11) is -2.89. The van der Waals surface area contributed by atoms with Gasteiger partial charge in [0.25, 0.3) is 0 Å². The summed E-state index contributed by atoms with van der Waals surface area (Å²) in [5.74, 6) is -2.16. The van der Waals surface area contributed by atoms with Crippen molar-refractivity contribution in [2.75, 3.05) is 24.2 Å². The molecule has 3 saturated heterocycles. The first-order valence-electron chi connectivity index (χ1n) is 15.7. The molecule has 5 rings (SSSR count). The summed E-state index contributed by atoms with van der Waals surface area (Å²) in [6, 6.07) is 8.58. The van der Waals surface area contributed by atoms with Crippen molar-refractivity contribution in [3.63, 3.8) is 0 Å². The van der Waals surface area contributed by atoms with E-state index in [2.05, 4.69) is 16.0 Å². The van der Waals surface area contributed by atoms with Crippen LogP contribution in [-0.4, -0.2) is 79.7 Å². The molecule has 2 bridgehead atoms. The van der Waals surface area contributed by atoms with Crippen LogP contribution in [0, 0.1) is 17.6 Å². The molecule has 13 heteroatoms. The fourth-order valence-corrected chi connectivity index (χ4v) is 9.18. The lowest BCUT2D eigenvalue weighted by Gasteiger charge is -2.49. The van der Waals surface area contributed by atoms with Crippen LogP contribution in [0.4, 0.5) is 19.3 Å². The average molecular weight is 651 g/mol. The van der Waals surface area contributed by atoms with Crippen LogP contribution in [0.3, 0.4) is 0 Å². The molecule has 2 unspecified atom stereocenters. The minimum atomic E-state index is -2.89. The molecule has 3 heterocycles. The Morgan fingerprint density at radius 2 is 1.78 bits per heavy atom. The number of ether oxygens (including phenoxy) is 1. The molecular formula is C32H44F2N4O6S. The summed E-state index contributed by atoms with van der Waals surface area (Å²) in [6.07, 6.45) is 2.02. The lowest BCUT2D eigenvalue weighted by atomic mass is 9.74. The molecule has 0 saturated carbocycles. The van der Waals surface area contributed by atoms with E-state index < -0.39 is 46.4 Å². The van der Waals surface area contributed by atoms with Crippen LogP contribution in [0.2, 0.25) is 0 Å². The summed E-state index contributed by atoms with van der Waals surface area (Å²) in [5, 5.41) is 18.5. The molecule has 0 radical (unpaired) electrons. The van der Waals surface area contributed by atoms with Crippen LogP contribution in [0.25, 0.3) is 0 Å². The summed E-state index contributed by atoms with van der Waals surface area (Å²) in [5.41, 5.74) is 1.46. The number of fused-ring (bicyclic) bond motifs is 2. The van der Waals surface area contributed by atoms with Crippen molar-refractivity contribution in [3.05, 3.63) is 65.2 Å². The van der Waals surface area contributed by atoms with Gasteiger partial charge in [-0.3, -0.25) is 13.9 Å². The smallest absolute Gasteiger partial charge is 0.405 e. The van der Waals surface area contributed by atoms with Crippen LogP contribution in [0.15, 0.2) is 42.5 Å². The van der Waals surface area contributed by atoms with Gasteiger partial charge in [-0.1, -0.05) is 18.2 Å². The predicted octanol–water partition coefficient (Wildman–Crippen LogP) is 5.56. The van der Waals surface area contributed by atoms with E-state index in [9.17, 15) is 32.6 Å². The van der Waals surface area contributed by atoms with Gasteiger partial charge in [0.15, 0.2) is 0 Å². The van der Waals surface area contributed by atoms with Crippen molar-refractivity contribution in [2.45, 2.75) is 88.6 Å². The molecule has 248 valence electrons. The molecule has 2 aromatic rings. The van der Waals surface area contributed by atoms with Gasteiger partial charge >= 0.3 is 6.09 Å². The van der Waals surface area contributed by atoms with E-state index >= 15 is 0 Å². The highest BCUT2D eigenvalue weighted by Crippen LogP contribution is 2.49. The molecule has 3 aliphatic heterocycles.